The Labute approximate surface area is 245 Å². The van der Waals surface area contributed by atoms with Crippen LogP contribution in [-0.4, -0.2) is 37.8 Å². The number of ether oxygens (including phenoxy) is 1. The van der Waals surface area contributed by atoms with Crippen LogP contribution >= 0.6 is 34.2 Å². The molecule has 0 atom stereocenters. The molecule has 0 spiro atoms. The van der Waals surface area contributed by atoms with Crippen LogP contribution in [0, 0.1) is 13.7 Å². The third kappa shape index (κ3) is 6.08. The minimum absolute atomic E-state index is 0.00670. The molecule has 12 nitrogen and oxygen atoms in total. The number of nitro benzene ring substituents is 1. The van der Waals surface area contributed by atoms with Crippen LogP contribution in [0.15, 0.2) is 71.1 Å². The highest BCUT2D eigenvalue weighted by Gasteiger charge is 2.37. The number of hydrogen-bond acceptors (Lipinski definition) is 9. The van der Waals surface area contributed by atoms with Crippen molar-refractivity contribution in [1.82, 2.24) is 5.32 Å². The first kappa shape index (κ1) is 29.0. The summed E-state index contributed by atoms with van der Waals surface area (Å²) < 4.78 is 37.0. The number of nitrogens with one attached hydrogen (secondary N) is 1. The van der Waals surface area contributed by atoms with E-state index in [1.165, 1.54) is 54.6 Å². The highest BCUT2D eigenvalue weighted by molar-refractivity contribution is 14.1. The summed E-state index contributed by atoms with van der Waals surface area (Å²) in [6.45, 7) is 1.80. The lowest BCUT2D eigenvalue weighted by atomic mass is 10.1. The molecule has 0 aliphatic carbocycles. The number of halogens is 2. The fraction of sp³-hybridized carbons (Fsp3) is 0.0800. The molecule has 1 N–H and O–H groups in total. The Morgan fingerprint density at radius 1 is 1.07 bits per heavy atom. The van der Waals surface area contributed by atoms with Gasteiger partial charge in [-0.05, 0) is 89.7 Å². The molecule has 0 unspecified atom stereocenters. The summed E-state index contributed by atoms with van der Waals surface area (Å²) in [7, 11) is -4.27. The monoisotopic (exact) mass is 697 g/mol. The molecule has 15 heteroatoms. The molecular formula is C25H17ClIN3O9S. The summed E-state index contributed by atoms with van der Waals surface area (Å²) in [4.78, 5) is 49.1. The SMILES string of the molecule is CCOc1cc(/C=C2\C(=O)NC(=O)N(c3ccc([N+](=O)[O-])cc3)C2=O)cc(I)c1OS(=O)(=O)c1ccc(Cl)cc1. The van der Waals surface area contributed by atoms with E-state index in [0.717, 1.165) is 12.1 Å². The number of urea groups is 1. The van der Waals surface area contributed by atoms with Crippen molar-refractivity contribution in [3.8, 4) is 11.5 Å². The van der Waals surface area contributed by atoms with Crippen molar-refractivity contribution in [2.45, 2.75) is 11.8 Å². The van der Waals surface area contributed by atoms with E-state index in [4.69, 9.17) is 20.5 Å². The number of imide groups is 2. The summed E-state index contributed by atoms with van der Waals surface area (Å²) in [6.07, 6.45) is 1.20. The number of carbonyl (C=O) groups is 3. The molecule has 0 radical (unpaired) electrons. The van der Waals surface area contributed by atoms with E-state index in [0.29, 0.717) is 9.92 Å². The van der Waals surface area contributed by atoms with Gasteiger partial charge in [0.2, 0.25) is 0 Å². The lowest BCUT2D eigenvalue weighted by molar-refractivity contribution is -0.384. The molecule has 0 saturated carbocycles. The van der Waals surface area contributed by atoms with Crippen LogP contribution in [0.2, 0.25) is 5.02 Å². The fourth-order valence-electron chi connectivity index (χ4n) is 3.56. The third-order valence-electron chi connectivity index (χ3n) is 5.36. The van der Waals surface area contributed by atoms with Gasteiger partial charge in [0.1, 0.15) is 10.5 Å². The van der Waals surface area contributed by atoms with Crippen molar-refractivity contribution in [1.29, 1.82) is 0 Å². The zero-order chi connectivity index (χ0) is 29.2. The Bertz CT molecular complexity index is 1670. The van der Waals surface area contributed by atoms with Gasteiger partial charge in [-0.25, -0.2) is 9.69 Å². The zero-order valence-corrected chi connectivity index (χ0v) is 24.0. The zero-order valence-electron chi connectivity index (χ0n) is 20.3. The smallest absolute Gasteiger partial charge is 0.339 e. The van der Waals surface area contributed by atoms with Gasteiger partial charge in [0.15, 0.2) is 11.5 Å². The number of anilines is 1. The Balaban J connectivity index is 1.70. The molecule has 40 heavy (non-hydrogen) atoms. The fourth-order valence-corrected chi connectivity index (χ4v) is 5.52. The first-order valence-corrected chi connectivity index (χ1v) is 14.1. The van der Waals surface area contributed by atoms with Gasteiger partial charge in [-0.2, -0.15) is 8.42 Å². The largest absolute Gasteiger partial charge is 0.490 e. The molecular weight excluding hydrogens is 681 g/mol. The van der Waals surface area contributed by atoms with E-state index in [9.17, 15) is 32.9 Å². The van der Waals surface area contributed by atoms with E-state index >= 15 is 0 Å². The van der Waals surface area contributed by atoms with Gasteiger partial charge in [0.05, 0.1) is 20.8 Å². The maximum atomic E-state index is 13.2. The average molecular weight is 698 g/mol. The number of amides is 4. The van der Waals surface area contributed by atoms with Gasteiger partial charge in [-0.1, -0.05) is 11.6 Å². The van der Waals surface area contributed by atoms with Crippen molar-refractivity contribution < 1.29 is 36.6 Å². The summed E-state index contributed by atoms with van der Waals surface area (Å²) in [6, 6.07) is 11.8. The minimum Gasteiger partial charge on any atom is -0.490 e. The van der Waals surface area contributed by atoms with E-state index in [1.54, 1.807) is 6.92 Å². The number of non-ortho nitro benzene ring substituents is 1. The molecule has 4 amide bonds. The summed E-state index contributed by atoms with van der Waals surface area (Å²) >= 11 is 7.66. The molecule has 0 aromatic heterocycles. The molecule has 1 aliphatic rings. The Hall–Kier alpha value is -4.02. The predicted molar refractivity (Wildman–Crippen MR) is 152 cm³/mol. The molecule has 206 valence electrons. The average Bonchev–Trinajstić information content (AvgIpc) is 2.89. The molecule has 3 aromatic carbocycles. The maximum Gasteiger partial charge on any atom is 0.339 e. The van der Waals surface area contributed by atoms with Gasteiger partial charge in [-0.3, -0.25) is 25.0 Å². The van der Waals surface area contributed by atoms with Crippen molar-refractivity contribution >= 4 is 79.6 Å². The minimum atomic E-state index is -4.27. The topological polar surface area (TPSA) is 162 Å². The number of barbiturate groups is 1. The van der Waals surface area contributed by atoms with E-state index < -0.39 is 38.5 Å². The Kier molecular flexibility index (Phi) is 8.41. The van der Waals surface area contributed by atoms with Crippen LogP contribution in [0.4, 0.5) is 16.2 Å². The molecule has 1 fully saturated rings. The second kappa shape index (κ2) is 11.6. The Morgan fingerprint density at radius 3 is 2.33 bits per heavy atom. The lowest BCUT2D eigenvalue weighted by Crippen LogP contribution is -2.54. The molecule has 3 aromatic rings. The molecule has 4 rings (SSSR count). The first-order valence-electron chi connectivity index (χ1n) is 11.2. The van der Waals surface area contributed by atoms with Crippen LogP contribution in [0.3, 0.4) is 0 Å². The summed E-state index contributed by atoms with van der Waals surface area (Å²) in [5.74, 6) is -2.03. The van der Waals surface area contributed by atoms with Gasteiger partial charge in [-0.15, -0.1) is 0 Å². The van der Waals surface area contributed by atoms with Crippen molar-refractivity contribution in [2.75, 3.05) is 11.5 Å². The summed E-state index contributed by atoms with van der Waals surface area (Å²) in [5.41, 5.74) is -0.398. The molecule has 1 aliphatic heterocycles. The van der Waals surface area contributed by atoms with E-state index in [-0.39, 0.29) is 43.5 Å². The molecule has 1 saturated heterocycles. The number of benzene rings is 3. The number of rotatable bonds is 8. The number of hydrogen-bond donors (Lipinski definition) is 1. The van der Waals surface area contributed by atoms with Gasteiger partial charge in [0, 0.05) is 17.2 Å². The number of nitrogens with zero attached hydrogens (tertiary/aromatic N) is 2. The van der Waals surface area contributed by atoms with E-state index in [1.807, 2.05) is 22.6 Å². The highest BCUT2D eigenvalue weighted by Crippen LogP contribution is 2.37. The normalized spacial score (nSPS) is 14.7. The van der Waals surface area contributed by atoms with Crippen LogP contribution in [0.25, 0.3) is 6.08 Å². The van der Waals surface area contributed by atoms with Crippen LogP contribution in [0.5, 0.6) is 11.5 Å². The quantitative estimate of drug-likeness (QED) is 0.0879. The second-order valence-corrected chi connectivity index (χ2v) is 11.1. The second-order valence-electron chi connectivity index (χ2n) is 7.99. The predicted octanol–water partition coefficient (Wildman–Crippen LogP) is 4.69. The maximum absolute atomic E-state index is 13.2. The summed E-state index contributed by atoms with van der Waals surface area (Å²) in [5, 5.41) is 13.3. The third-order valence-corrected chi connectivity index (χ3v) is 7.65. The van der Waals surface area contributed by atoms with Gasteiger partial charge < -0.3 is 8.92 Å². The van der Waals surface area contributed by atoms with Crippen molar-refractivity contribution in [2.24, 2.45) is 0 Å². The van der Waals surface area contributed by atoms with Crippen LogP contribution in [-0.2, 0) is 19.7 Å². The van der Waals surface area contributed by atoms with Crippen molar-refractivity contribution in [3.63, 3.8) is 0 Å². The van der Waals surface area contributed by atoms with Crippen LogP contribution in [0.1, 0.15) is 12.5 Å². The first-order chi connectivity index (χ1) is 18.9. The molecule has 1 heterocycles. The van der Waals surface area contributed by atoms with Crippen LogP contribution < -0.4 is 19.1 Å². The standard InChI is InChI=1S/C25H17ClIN3O9S/c1-2-38-21-13-14(12-20(27)22(21)39-40(36,37)18-9-3-15(26)4-10-18)11-19-23(31)28-25(33)29(24(19)32)16-5-7-17(8-6-16)30(34)35/h3-13H,2H2,1H3,(H,28,31,33)/b19-11+. The van der Waals surface area contributed by atoms with Gasteiger partial charge in [0.25, 0.3) is 17.5 Å². The Morgan fingerprint density at radius 2 is 1.73 bits per heavy atom. The lowest BCUT2D eigenvalue weighted by Gasteiger charge is -2.26. The van der Waals surface area contributed by atoms with E-state index in [2.05, 4.69) is 5.32 Å². The van der Waals surface area contributed by atoms with Crippen molar-refractivity contribution in [3.05, 3.63) is 90.5 Å². The number of nitro groups is 1. The highest BCUT2D eigenvalue weighted by atomic mass is 127. The number of carbonyl (C=O) groups excluding carboxylic acids is 3. The molecule has 0 bridgehead atoms. The van der Waals surface area contributed by atoms with Gasteiger partial charge >= 0.3 is 16.1 Å².